The number of carbonyl (C=O) groups excluding carboxylic acids is 1. The molecule has 0 saturated heterocycles. The van der Waals surface area contributed by atoms with E-state index in [1.54, 1.807) is 30.5 Å². The Balaban J connectivity index is 1.66. The van der Waals surface area contributed by atoms with Crippen LogP contribution in [0.25, 0.3) is 11.3 Å². The van der Waals surface area contributed by atoms with E-state index in [9.17, 15) is 13.2 Å². The summed E-state index contributed by atoms with van der Waals surface area (Å²) in [6, 6.07) is 13.7. The first-order valence-electron chi connectivity index (χ1n) is 8.70. The van der Waals surface area contributed by atoms with Crippen molar-refractivity contribution in [1.82, 2.24) is 9.97 Å². The number of aromatic nitrogens is 2. The zero-order valence-corrected chi connectivity index (χ0v) is 16.9. The smallest absolute Gasteiger partial charge is 0.261 e. The van der Waals surface area contributed by atoms with Gasteiger partial charge in [-0.05, 0) is 42.5 Å². The third-order valence-electron chi connectivity index (χ3n) is 4.29. The zero-order chi connectivity index (χ0) is 21.1. The first-order valence-corrected chi connectivity index (χ1v) is 10.6. The second kappa shape index (κ2) is 8.10. The molecule has 0 amide bonds. The fraction of sp³-hybridized carbons (Fsp3) is 0. The molecule has 150 valence electrons. The molecule has 1 N–H and O–H groups in total. The number of ketones is 1. The van der Waals surface area contributed by atoms with Crippen LogP contribution in [0.2, 0.25) is 5.02 Å². The van der Waals surface area contributed by atoms with E-state index in [0.717, 1.165) is 0 Å². The van der Waals surface area contributed by atoms with Crippen LogP contribution < -0.4 is 4.72 Å². The number of halogens is 1. The van der Waals surface area contributed by atoms with Gasteiger partial charge in [0.05, 0.1) is 10.6 Å². The second-order valence-electron chi connectivity index (χ2n) is 6.26. The lowest BCUT2D eigenvalue weighted by Gasteiger charge is -2.13. The molecule has 9 heteroatoms. The Bertz CT molecular complexity index is 1290. The number of sulfonamides is 1. The molecule has 0 aliphatic heterocycles. The van der Waals surface area contributed by atoms with Crippen molar-refractivity contribution in [2.45, 2.75) is 4.90 Å². The Labute approximate surface area is 177 Å². The van der Waals surface area contributed by atoms with Gasteiger partial charge in [-0.2, -0.15) is 0 Å². The van der Waals surface area contributed by atoms with Crippen molar-refractivity contribution in [2.75, 3.05) is 4.72 Å². The highest BCUT2D eigenvalue weighted by molar-refractivity contribution is 7.92. The van der Waals surface area contributed by atoms with E-state index < -0.39 is 15.8 Å². The minimum absolute atomic E-state index is 0.0319. The Morgan fingerprint density at radius 2 is 1.87 bits per heavy atom. The van der Waals surface area contributed by atoms with Crippen molar-refractivity contribution in [1.29, 1.82) is 0 Å². The predicted octanol–water partition coefficient (Wildman–Crippen LogP) is 4.42. The second-order valence-corrected chi connectivity index (χ2v) is 8.38. The van der Waals surface area contributed by atoms with Gasteiger partial charge in [0.25, 0.3) is 10.0 Å². The average molecular weight is 440 g/mol. The van der Waals surface area contributed by atoms with Gasteiger partial charge in [0.1, 0.15) is 12.0 Å². The van der Waals surface area contributed by atoms with E-state index in [-0.39, 0.29) is 16.1 Å². The van der Waals surface area contributed by atoms with Crippen LogP contribution in [0.5, 0.6) is 0 Å². The van der Waals surface area contributed by atoms with Gasteiger partial charge in [-0.15, -0.1) is 0 Å². The molecule has 0 unspecified atom stereocenters. The molecule has 2 aromatic heterocycles. The van der Waals surface area contributed by atoms with Crippen molar-refractivity contribution in [2.24, 2.45) is 0 Å². The fourth-order valence-electron chi connectivity index (χ4n) is 2.81. The first kappa shape index (κ1) is 19.8. The van der Waals surface area contributed by atoms with Gasteiger partial charge < -0.3 is 4.42 Å². The molecule has 4 aromatic rings. The van der Waals surface area contributed by atoms with Crippen LogP contribution in [0.4, 0.5) is 5.69 Å². The molecule has 0 spiro atoms. The van der Waals surface area contributed by atoms with Gasteiger partial charge in [0.15, 0.2) is 12.2 Å². The minimum atomic E-state index is -3.95. The molecule has 2 heterocycles. The number of pyridine rings is 1. The van der Waals surface area contributed by atoms with Gasteiger partial charge in [-0.1, -0.05) is 23.7 Å². The predicted molar refractivity (Wildman–Crippen MR) is 112 cm³/mol. The molecule has 4 rings (SSSR count). The lowest BCUT2D eigenvalue weighted by atomic mass is 10.0. The standard InChI is InChI=1S/C21H14ClN3O4S/c22-16-5-8-19(18(10-16)21(26)15-2-1-9-23-11-15)25-30(27,28)17-6-3-14(4-7-17)20-12-29-13-24-20/h1-13,25H. The summed E-state index contributed by atoms with van der Waals surface area (Å²) in [5.41, 5.74) is 1.86. The summed E-state index contributed by atoms with van der Waals surface area (Å²) in [6.07, 6.45) is 5.71. The van der Waals surface area contributed by atoms with Crippen molar-refractivity contribution in [3.8, 4) is 11.3 Å². The summed E-state index contributed by atoms with van der Waals surface area (Å²) in [6.45, 7) is 0. The maximum Gasteiger partial charge on any atom is 0.261 e. The Morgan fingerprint density at radius 1 is 1.07 bits per heavy atom. The van der Waals surface area contributed by atoms with Crippen molar-refractivity contribution >= 4 is 33.1 Å². The quantitative estimate of drug-likeness (QED) is 0.446. The summed E-state index contributed by atoms with van der Waals surface area (Å²) in [5, 5.41) is 0.308. The van der Waals surface area contributed by atoms with Gasteiger partial charge in [0.2, 0.25) is 0 Å². The minimum Gasteiger partial charge on any atom is -0.451 e. The highest BCUT2D eigenvalue weighted by Gasteiger charge is 2.20. The Hall–Kier alpha value is -3.49. The fourth-order valence-corrected chi connectivity index (χ4v) is 4.06. The van der Waals surface area contributed by atoms with Crippen LogP contribution in [-0.2, 0) is 10.0 Å². The van der Waals surface area contributed by atoms with E-state index in [4.69, 9.17) is 16.0 Å². The van der Waals surface area contributed by atoms with E-state index in [1.165, 1.54) is 49.2 Å². The molecule has 0 saturated carbocycles. The summed E-state index contributed by atoms with van der Waals surface area (Å²) in [7, 11) is -3.95. The van der Waals surface area contributed by atoms with Crippen LogP contribution >= 0.6 is 11.6 Å². The van der Waals surface area contributed by atoms with E-state index in [1.807, 2.05) is 0 Å². The number of oxazole rings is 1. The van der Waals surface area contributed by atoms with E-state index >= 15 is 0 Å². The number of hydrogen-bond donors (Lipinski definition) is 1. The first-order chi connectivity index (χ1) is 14.4. The zero-order valence-electron chi connectivity index (χ0n) is 15.3. The largest absolute Gasteiger partial charge is 0.451 e. The number of anilines is 1. The molecular weight excluding hydrogens is 426 g/mol. The number of hydrogen-bond acceptors (Lipinski definition) is 6. The molecule has 0 fully saturated rings. The SMILES string of the molecule is O=C(c1cccnc1)c1cc(Cl)ccc1NS(=O)(=O)c1ccc(-c2cocn2)cc1. The molecule has 0 aliphatic carbocycles. The number of carbonyl (C=O) groups is 1. The highest BCUT2D eigenvalue weighted by atomic mass is 35.5. The average Bonchev–Trinajstić information content (AvgIpc) is 3.30. The molecule has 2 aromatic carbocycles. The molecule has 0 aliphatic rings. The van der Waals surface area contributed by atoms with Crippen LogP contribution in [-0.4, -0.2) is 24.2 Å². The molecular formula is C21H14ClN3O4S. The van der Waals surface area contributed by atoms with Gasteiger partial charge >= 0.3 is 0 Å². The summed E-state index contributed by atoms with van der Waals surface area (Å²) in [4.78, 5) is 20.9. The number of benzene rings is 2. The third-order valence-corrected chi connectivity index (χ3v) is 5.90. The van der Waals surface area contributed by atoms with Crippen molar-refractivity contribution in [3.63, 3.8) is 0 Å². The van der Waals surface area contributed by atoms with Crippen LogP contribution in [0, 0.1) is 0 Å². The summed E-state index contributed by atoms with van der Waals surface area (Å²) in [5.74, 6) is -0.398. The van der Waals surface area contributed by atoms with Crippen molar-refractivity contribution in [3.05, 3.63) is 95.8 Å². The van der Waals surface area contributed by atoms with E-state index in [0.29, 0.717) is 21.8 Å². The van der Waals surface area contributed by atoms with Crippen LogP contribution in [0.1, 0.15) is 15.9 Å². The lowest BCUT2D eigenvalue weighted by Crippen LogP contribution is -2.16. The molecule has 0 radical (unpaired) electrons. The lowest BCUT2D eigenvalue weighted by molar-refractivity contribution is 0.103. The van der Waals surface area contributed by atoms with Gasteiger partial charge in [-0.3, -0.25) is 14.5 Å². The Kier molecular flexibility index (Phi) is 5.35. The number of nitrogens with one attached hydrogen (secondary N) is 1. The number of nitrogens with zero attached hydrogens (tertiary/aromatic N) is 2. The summed E-state index contributed by atoms with van der Waals surface area (Å²) < 4.78 is 33.2. The molecule has 7 nitrogen and oxygen atoms in total. The molecule has 0 bridgehead atoms. The van der Waals surface area contributed by atoms with Gasteiger partial charge in [0, 0.05) is 34.1 Å². The highest BCUT2D eigenvalue weighted by Crippen LogP contribution is 2.27. The topological polar surface area (TPSA) is 102 Å². The van der Waals surface area contributed by atoms with Crippen LogP contribution in [0.15, 0.2) is 89.0 Å². The normalized spacial score (nSPS) is 11.2. The van der Waals surface area contributed by atoms with Crippen molar-refractivity contribution < 1.29 is 17.6 Å². The van der Waals surface area contributed by atoms with Gasteiger partial charge in [-0.25, -0.2) is 13.4 Å². The monoisotopic (exact) mass is 439 g/mol. The maximum atomic E-state index is 12.9. The summed E-state index contributed by atoms with van der Waals surface area (Å²) >= 11 is 6.04. The third kappa shape index (κ3) is 4.10. The van der Waals surface area contributed by atoms with Crippen LogP contribution in [0.3, 0.4) is 0 Å². The molecule has 30 heavy (non-hydrogen) atoms. The maximum absolute atomic E-state index is 12.9. The van der Waals surface area contributed by atoms with E-state index in [2.05, 4.69) is 14.7 Å². The number of rotatable bonds is 6. The molecule has 0 atom stereocenters. The Morgan fingerprint density at radius 3 is 2.53 bits per heavy atom.